The van der Waals surface area contributed by atoms with E-state index in [2.05, 4.69) is 34.2 Å². The number of rotatable bonds is 3. The van der Waals surface area contributed by atoms with Crippen molar-refractivity contribution in [3.63, 3.8) is 0 Å². The molecule has 0 saturated carbocycles. The van der Waals surface area contributed by atoms with Gasteiger partial charge in [0.2, 0.25) is 11.8 Å². The lowest BCUT2D eigenvalue weighted by atomic mass is 9.90. The molecule has 3 aliphatic rings. The number of carbonyl (C=O) groups excluding carboxylic acids is 2. The minimum atomic E-state index is -0.194. The Labute approximate surface area is 143 Å². The summed E-state index contributed by atoms with van der Waals surface area (Å²) in [4.78, 5) is 28.5. The second-order valence-electron chi connectivity index (χ2n) is 7.38. The predicted octanol–water partition coefficient (Wildman–Crippen LogP) is 1.59. The summed E-state index contributed by atoms with van der Waals surface area (Å²) in [7, 11) is 0. The predicted molar refractivity (Wildman–Crippen MR) is 92.9 cm³/mol. The Hall–Kier alpha value is -1.88. The second kappa shape index (κ2) is 6.20. The number of hydrogen-bond acceptors (Lipinski definition) is 4. The fraction of sp³-hybridized carbons (Fsp3) is 0.579. The molecule has 3 heterocycles. The highest BCUT2D eigenvalue weighted by Crippen LogP contribution is 2.35. The fourth-order valence-electron chi connectivity index (χ4n) is 4.51. The summed E-state index contributed by atoms with van der Waals surface area (Å²) in [5.74, 6) is 1.04. The van der Waals surface area contributed by atoms with Crippen LogP contribution < -0.4 is 10.2 Å². The molecule has 5 heteroatoms. The number of hydrogen-bond donors (Lipinski definition) is 1. The van der Waals surface area contributed by atoms with Crippen molar-refractivity contribution in [2.75, 3.05) is 37.6 Å². The lowest BCUT2D eigenvalue weighted by Crippen LogP contribution is -2.39. The molecule has 1 aromatic rings. The van der Waals surface area contributed by atoms with Gasteiger partial charge in [-0.15, -0.1) is 0 Å². The third-order valence-corrected chi connectivity index (χ3v) is 5.89. The van der Waals surface area contributed by atoms with Gasteiger partial charge in [-0.3, -0.25) is 14.9 Å². The first-order valence-electron chi connectivity index (χ1n) is 9.05. The summed E-state index contributed by atoms with van der Waals surface area (Å²) in [6.45, 7) is 8.04. The van der Waals surface area contributed by atoms with Gasteiger partial charge in [-0.2, -0.15) is 0 Å². The van der Waals surface area contributed by atoms with Crippen molar-refractivity contribution in [3.05, 3.63) is 29.8 Å². The molecule has 1 N–H and O–H groups in total. The van der Waals surface area contributed by atoms with Gasteiger partial charge >= 0.3 is 0 Å². The van der Waals surface area contributed by atoms with Crippen molar-refractivity contribution >= 4 is 17.5 Å². The minimum absolute atomic E-state index is 0.153. The van der Waals surface area contributed by atoms with Crippen LogP contribution in [-0.4, -0.2) is 49.4 Å². The molecule has 128 valence electrons. The van der Waals surface area contributed by atoms with E-state index in [0.29, 0.717) is 12.8 Å². The van der Waals surface area contributed by atoms with Crippen LogP contribution in [0, 0.1) is 11.8 Å². The van der Waals surface area contributed by atoms with Gasteiger partial charge in [0.05, 0.1) is 5.92 Å². The maximum Gasteiger partial charge on any atom is 0.234 e. The number of nitrogens with one attached hydrogen (secondary N) is 1. The summed E-state index contributed by atoms with van der Waals surface area (Å²) in [5.41, 5.74) is 2.25. The monoisotopic (exact) mass is 327 g/mol. The molecule has 0 spiro atoms. The maximum absolute atomic E-state index is 12.1. The van der Waals surface area contributed by atoms with Gasteiger partial charge in [0.1, 0.15) is 0 Å². The van der Waals surface area contributed by atoms with Crippen molar-refractivity contribution in [2.45, 2.75) is 25.7 Å². The standard InChI is InChI=1S/C19H25N3O2/c1-2-21-9-14-11-22(12-15(14)10-21)16-5-3-4-13(8-16)17-6-7-18(23)20-19(17)24/h3-5,8,14-15,17H,2,6-7,9-12H2,1H3,(H,20,23,24). The molecule has 3 aliphatic heterocycles. The van der Waals surface area contributed by atoms with E-state index in [4.69, 9.17) is 0 Å². The SMILES string of the molecule is CCN1CC2CN(c3cccc(C4CCC(=O)NC4=O)c3)CC2C1. The molecule has 1 aromatic carbocycles. The van der Waals surface area contributed by atoms with E-state index < -0.39 is 0 Å². The fourth-order valence-corrected chi connectivity index (χ4v) is 4.51. The van der Waals surface area contributed by atoms with Crippen LogP contribution in [0.5, 0.6) is 0 Å². The molecule has 4 rings (SSSR count). The zero-order valence-electron chi connectivity index (χ0n) is 14.2. The Bertz CT molecular complexity index is 646. The van der Waals surface area contributed by atoms with Gasteiger partial charge < -0.3 is 9.80 Å². The first kappa shape index (κ1) is 15.6. The molecule has 24 heavy (non-hydrogen) atoms. The summed E-state index contributed by atoms with van der Waals surface area (Å²) >= 11 is 0. The molecule has 0 radical (unpaired) electrons. The van der Waals surface area contributed by atoms with Gasteiger partial charge in [0.25, 0.3) is 0 Å². The third-order valence-electron chi connectivity index (χ3n) is 5.89. The molecule has 0 bridgehead atoms. The number of amides is 2. The van der Waals surface area contributed by atoms with E-state index in [1.165, 1.54) is 18.8 Å². The first-order chi connectivity index (χ1) is 11.6. The number of fused-ring (bicyclic) bond motifs is 1. The van der Waals surface area contributed by atoms with Gasteiger partial charge in [-0.25, -0.2) is 0 Å². The zero-order chi connectivity index (χ0) is 16.7. The average molecular weight is 327 g/mol. The highest BCUT2D eigenvalue weighted by Gasteiger charge is 2.39. The van der Waals surface area contributed by atoms with Crippen molar-refractivity contribution in [1.82, 2.24) is 10.2 Å². The average Bonchev–Trinajstić information content (AvgIpc) is 3.13. The Kier molecular flexibility index (Phi) is 4.04. The Morgan fingerprint density at radius 3 is 2.54 bits per heavy atom. The van der Waals surface area contributed by atoms with Crippen LogP contribution in [-0.2, 0) is 9.59 Å². The highest BCUT2D eigenvalue weighted by atomic mass is 16.2. The molecule has 0 aromatic heterocycles. The number of imide groups is 1. The van der Waals surface area contributed by atoms with E-state index in [0.717, 1.165) is 37.0 Å². The van der Waals surface area contributed by atoms with Crippen LogP contribution in [0.1, 0.15) is 31.2 Å². The maximum atomic E-state index is 12.1. The molecule has 0 aliphatic carbocycles. The van der Waals surface area contributed by atoms with Crippen molar-refractivity contribution in [2.24, 2.45) is 11.8 Å². The van der Waals surface area contributed by atoms with E-state index in [-0.39, 0.29) is 17.7 Å². The van der Waals surface area contributed by atoms with E-state index >= 15 is 0 Å². The lowest BCUT2D eigenvalue weighted by molar-refractivity contribution is -0.134. The van der Waals surface area contributed by atoms with E-state index in [1.54, 1.807) is 0 Å². The van der Waals surface area contributed by atoms with Crippen LogP contribution in [0.15, 0.2) is 24.3 Å². The largest absolute Gasteiger partial charge is 0.371 e. The number of nitrogens with zero attached hydrogens (tertiary/aromatic N) is 2. The van der Waals surface area contributed by atoms with E-state index in [9.17, 15) is 9.59 Å². The van der Waals surface area contributed by atoms with Crippen LogP contribution in [0.3, 0.4) is 0 Å². The second-order valence-corrected chi connectivity index (χ2v) is 7.38. The molecule has 3 atom stereocenters. The Morgan fingerprint density at radius 2 is 1.88 bits per heavy atom. The van der Waals surface area contributed by atoms with Gasteiger partial charge in [-0.05, 0) is 42.5 Å². The molecular weight excluding hydrogens is 302 g/mol. The quantitative estimate of drug-likeness (QED) is 0.857. The smallest absolute Gasteiger partial charge is 0.234 e. The topological polar surface area (TPSA) is 52.6 Å². The summed E-state index contributed by atoms with van der Waals surface area (Å²) in [6.07, 6.45) is 1.05. The van der Waals surface area contributed by atoms with Crippen molar-refractivity contribution in [3.8, 4) is 0 Å². The lowest BCUT2D eigenvalue weighted by Gasteiger charge is -2.25. The summed E-state index contributed by atoms with van der Waals surface area (Å²) in [5, 5.41) is 2.46. The normalized spacial score (nSPS) is 30.5. The highest BCUT2D eigenvalue weighted by molar-refractivity contribution is 6.01. The molecule has 5 nitrogen and oxygen atoms in total. The van der Waals surface area contributed by atoms with Crippen LogP contribution >= 0.6 is 0 Å². The van der Waals surface area contributed by atoms with Crippen molar-refractivity contribution in [1.29, 1.82) is 0 Å². The Balaban J connectivity index is 1.48. The van der Waals surface area contributed by atoms with Crippen LogP contribution in [0.2, 0.25) is 0 Å². The van der Waals surface area contributed by atoms with Gasteiger partial charge in [0.15, 0.2) is 0 Å². The first-order valence-corrected chi connectivity index (χ1v) is 9.05. The number of anilines is 1. The Morgan fingerprint density at radius 1 is 1.12 bits per heavy atom. The number of benzene rings is 1. The van der Waals surface area contributed by atoms with Crippen LogP contribution in [0.4, 0.5) is 5.69 Å². The molecule has 3 unspecified atom stereocenters. The zero-order valence-corrected chi connectivity index (χ0v) is 14.2. The van der Waals surface area contributed by atoms with Gasteiger partial charge in [-0.1, -0.05) is 19.1 Å². The molecular formula is C19H25N3O2. The number of piperidine rings is 1. The van der Waals surface area contributed by atoms with Crippen molar-refractivity contribution < 1.29 is 9.59 Å². The molecule has 3 saturated heterocycles. The number of likely N-dealkylation sites (tertiary alicyclic amines) is 1. The van der Waals surface area contributed by atoms with E-state index in [1.807, 2.05) is 12.1 Å². The summed E-state index contributed by atoms with van der Waals surface area (Å²) < 4.78 is 0. The summed E-state index contributed by atoms with van der Waals surface area (Å²) in [6, 6.07) is 8.35. The molecule has 3 fully saturated rings. The third kappa shape index (κ3) is 2.81. The van der Waals surface area contributed by atoms with Gasteiger partial charge in [0, 0.05) is 38.3 Å². The number of carbonyl (C=O) groups is 2. The van der Waals surface area contributed by atoms with Crippen LogP contribution in [0.25, 0.3) is 0 Å². The molecule has 2 amide bonds. The minimum Gasteiger partial charge on any atom is -0.371 e.